The van der Waals surface area contributed by atoms with Gasteiger partial charge in [-0.15, -0.1) is 0 Å². The van der Waals surface area contributed by atoms with Gasteiger partial charge in [-0.2, -0.15) is 0 Å². The summed E-state index contributed by atoms with van der Waals surface area (Å²) in [6.45, 7) is 5.30. The van der Waals surface area contributed by atoms with E-state index >= 15 is 0 Å². The first-order valence-corrected chi connectivity index (χ1v) is 25.7. The molecule has 11 aromatic rings. The molecule has 0 spiro atoms. The van der Waals surface area contributed by atoms with E-state index in [0.29, 0.717) is 12.3 Å². The second-order valence-corrected chi connectivity index (χ2v) is 19.8. The molecule has 1 heterocycles. The maximum atomic E-state index is 5.84. The number of nitrogens with one attached hydrogen (secondary N) is 3. The summed E-state index contributed by atoms with van der Waals surface area (Å²) in [6, 6.07) is 84.6. The van der Waals surface area contributed by atoms with Gasteiger partial charge in [0, 0.05) is 57.1 Å². The van der Waals surface area contributed by atoms with Gasteiger partial charge in [0.05, 0.1) is 28.1 Å². The van der Waals surface area contributed by atoms with E-state index in [0.717, 1.165) is 102 Å². The molecule has 0 aliphatic heterocycles. The maximum Gasteiger partial charge on any atom is 0.0986 e. The highest BCUT2D eigenvalue weighted by Gasteiger charge is 2.31. The average molecular weight is 955 g/mol. The van der Waals surface area contributed by atoms with E-state index in [1.165, 1.54) is 32.7 Å². The molecular formula is C68H54N6. The summed E-state index contributed by atoms with van der Waals surface area (Å²) in [7, 11) is 0. The minimum Gasteiger partial charge on any atom is -0.356 e. The molecule has 0 fully saturated rings. The zero-order valence-corrected chi connectivity index (χ0v) is 41.4. The zero-order valence-electron chi connectivity index (χ0n) is 41.4. The molecule has 0 radical (unpaired) electrons. The number of hydrogen-bond donors (Lipinski definition) is 3. The number of fused-ring (bicyclic) bond motifs is 6. The Kier molecular flexibility index (Phi) is 11.7. The number of para-hydroxylation sites is 3. The third-order valence-electron chi connectivity index (χ3n) is 14.6. The Morgan fingerprint density at radius 1 is 0.473 bits per heavy atom. The van der Waals surface area contributed by atoms with Crippen molar-refractivity contribution in [1.29, 1.82) is 0 Å². The smallest absolute Gasteiger partial charge is 0.0986 e. The van der Waals surface area contributed by atoms with Crippen molar-refractivity contribution in [3.63, 3.8) is 0 Å². The lowest BCUT2D eigenvalue weighted by molar-refractivity contribution is 0.442. The molecule has 356 valence electrons. The first-order chi connectivity index (χ1) is 36.5. The molecule has 74 heavy (non-hydrogen) atoms. The fraction of sp³-hybridized carbons (Fsp3) is 0.0882. The molecular weight excluding hydrogens is 901 g/mol. The van der Waals surface area contributed by atoms with Gasteiger partial charge in [0.2, 0.25) is 0 Å². The van der Waals surface area contributed by atoms with Crippen LogP contribution >= 0.6 is 0 Å². The van der Waals surface area contributed by atoms with Crippen LogP contribution in [0.2, 0.25) is 0 Å². The number of rotatable bonds is 13. The number of hydrogen-bond acceptors (Lipinski definition) is 6. The summed E-state index contributed by atoms with van der Waals surface area (Å²) in [4.78, 5) is 14.0. The minimum atomic E-state index is -0.109. The van der Waals surface area contributed by atoms with Crippen LogP contribution in [0.15, 0.2) is 237 Å². The largest absolute Gasteiger partial charge is 0.356 e. The van der Waals surface area contributed by atoms with Crippen LogP contribution in [0.4, 0.5) is 28.4 Å². The van der Waals surface area contributed by atoms with E-state index in [-0.39, 0.29) is 6.04 Å². The van der Waals surface area contributed by atoms with Crippen molar-refractivity contribution in [2.24, 2.45) is 5.92 Å². The van der Waals surface area contributed by atoms with E-state index in [1.807, 2.05) is 18.2 Å². The molecule has 6 nitrogen and oxygen atoms in total. The number of aromatic nitrogens is 2. The lowest BCUT2D eigenvalue weighted by atomic mass is 9.85. The molecule has 3 N–H and O–H groups in total. The summed E-state index contributed by atoms with van der Waals surface area (Å²) in [5.41, 5.74) is 26.3. The summed E-state index contributed by atoms with van der Waals surface area (Å²) >= 11 is 0. The Morgan fingerprint density at radius 2 is 0.986 bits per heavy atom. The van der Waals surface area contributed by atoms with Crippen LogP contribution in [0.25, 0.3) is 77.5 Å². The van der Waals surface area contributed by atoms with Crippen LogP contribution in [0, 0.1) is 5.92 Å². The van der Waals surface area contributed by atoms with Crippen molar-refractivity contribution in [2.45, 2.75) is 26.3 Å². The average Bonchev–Trinajstić information content (AvgIpc) is 3.86. The Balaban J connectivity index is 0.942. The van der Waals surface area contributed by atoms with Crippen LogP contribution in [0.5, 0.6) is 0 Å². The lowest BCUT2D eigenvalue weighted by Gasteiger charge is -2.28. The van der Waals surface area contributed by atoms with E-state index < -0.39 is 0 Å². The van der Waals surface area contributed by atoms with Crippen molar-refractivity contribution in [3.05, 3.63) is 258 Å². The van der Waals surface area contributed by atoms with E-state index in [1.54, 1.807) is 0 Å². The van der Waals surface area contributed by atoms with Gasteiger partial charge in [0.1, 0.15) is 0 Å². The Hall–Kier alpha value is -8.94. The van der Waals surface area contributed by atoms with Gasteiger partial charge in [0.15, 0.2) is 0 Å². The maximum absolute atomic E-state index is 5.84. The lowest BCUT2D eigenvalue weighted by Crippen LogP contribution is -2.51. The molecule has 1 aromatic heterocycles. The van der Waals surface area contributed by atoms with Gasteiger partial charge in [0.25, 0.3) is 0 Å². The van der Waals surface area contributed by atoms with Crippen LogP contribution in [-0.2, 0) is 0 Å². The molecule has 2 aliphatic carbocycles. The second-order valence-electron chi connectivity index (χ2n) is 19.8. The van der Waals surface area contributed by atoms with Gasteiger partial charge in [-0.05, 0) is 134 Å². The van der Waals surface area contributed by atoms with Crippen molar-refractivity contribution in [1.82, 2.24) is 20.8 Å². The standard InChI is InChI=1S/C68H54N6/c1-44(2)43-69-73-61-42-60(49-29-25-45(26-30-49)48-35-39-57(40-36-48)74(55-19-8-4-9-20-55)56-21-10-5-11-22-56)66-67(71-65-59-24-14-16-52-41-51-15-12-13-23-58(51)64(62(52)59)68(65)72-66)63(61)50-31-27-46(28-32-50)47-33-37-54(38-34-47)70-53-17-6-3-7-18-53/h3-41,44,61,69-70,73H,42-43H2,1-2H3. The topological polar surface area (TPSA) is 65.1 Å². The third kappa shape index (κ3) is 8.40. The molecule has 1 unspecified atom stereocenters. The monoisotopic (exact) mass is 954 g/mol. The SMILES string of the molecule is CC(C)CNNC1CC(c2ccc(-c3ccc(N(c4ccccc4)c4ccccc4)cc3)cc2)=c2nc3c(nc2=C1c1ccc(-c2ccc(Nc4ccccc4)cc2)cc1)-c1cccc2cc4ccccc4c-3c12. The number of hydrazine groups is 1. The fourth-order valence-corrected chi connectivity index (χ4v) is 11.0. The number of benzene rings is 10. The number of anilines is 5. The summed E-state index contributed by atoms with van der Waals surface area (Å²) in [5, 5.41) is 10.2. The summed E-state index contributed by atoms with van der Waals surface area (Å²) in [6.07, 6.45) is 0.708. The van der Waals surface area contributed by atoms with E-state index in [9.17, 15) is 0 Å². The Labute approximate surface area is 432 Å². The predicted octanol–water partition coefficient (Wildman–Crippen LogP) is 14.9. The molecule has 13 rings (SSSR count). The normalized spacial score (nSPS) is 13.6. The second kappa shape index (κ2) is 19.2. The molecule has 2 aliphatic rings. The van der Waals surface area contributed by atoms with Crippen LogP contribution in [0.3, 0.4) is 0 Å². The van der Waals surface area contributed by atoms with Crippen molar-refractivity contribution >= 4 is 61.1 Å². The fourth-order valence-electron chi connectivity index (χ4n) is 11.0. The molecule has 0 bridgehead atoms. The van der Waals surface area contributed by atoms with Gasteiger partial charge in [-0.1, -0.05) is 184 Å². The zero-order chi connectivity index (χ0) is 49.5. The Morgan fingerprint density at radius 3 is 1.64 bits per heavy atom. The van der Waals surface area contributed by atoms with Crippen molar-refractivity contribution in [3.8, 4) is 44.8 Å². The van der Waals surface area contributed by atoms with Crippen LogP contribution < -0.4 is 31.8 Å². The van der Waals surface area contributed by atoms with Gasteiger partial charge >= 0.3 is 0 Å². The number of nitrogens with zero attached hydrogens (tertiary/aromatic N) is 3. The quantitative estimate of drug-likeness (QED) is 0.0790. The van der Waals surface area contributed by atoms with Crippen LogP contribution in [0.1, 0.15) is 31.4 Å². The highest BCUT2D eigenvalue weighted by molar-refractivity contribution is 6.22. The molecule has 10 aromatic carbocycles. The molecule has 0 saturated heterocycles. The third-order valence-corrected chi connectivity index (χ3v) is 14.6. The van der Waals surface area contributed by atoms with Crippen molar-refractivity contribution in [2.75, 3.05) is 16.8 Å². The molecule has 0 amide bonds. The molecule has 6 heteroatoms. The first kappa shape index (κ1) is 45.0. The van der Waals surface area contributed by atoms with Crippen LogP contribution in [-0.4, -0.2) is 22.6 Å². The highest BCUT2D eigenvalue weighted by atomic mass is 15.4. The van der Waals surface area contributed by atoms with Crippen molar-refractivity contribution < 1.29 is 0 Å². The van der Waals surface area contributed by atoms with E-state index in [2.05, 4.69) is 253 Å². The predicted molar refractivity (Wildman–Crippen MR) is 308 cm³/mol. The van der Waals surface area contributed by atoms with Gasteiger partial charge < -0.3 is 10.2 Å². The van der Waals surface area contributed by atoms with Gasteiger partial charge in [-0.3, -0.25) is 5.43 Å². The van der Waals surface area contributed by atoms with E-state index in [4.69, 9.17) is 9.97 Å². The molecule has 0 saturated carbocycles. The highest BCUT2D eigenvalue weighted by Crippen LogP contribution is 2.48. The first-order valence-electron chi connectivity index (χ1n) is 25.7. The Bertz CT molecular complexity index is 3930. The summed E-state index contributed by atoms with van der Waals surface area (Å²) in [5.74, 6) is 0.456. The molecule has 1 atom stereocenters. The summed E-state index contributed by atoms with van der Waals surface area (Å²) < 4.78 is 0. The van der Waals surface area contributed by atoms with Gasteiger partial charge in [-0.25, -0.2) is 15.4 Å². The minimum absolute atomic E-state index is 0.109.